The summed E-state index contributed by atoms with van der Waals surface area (Å²) >= 11 is 0. The molecule has 6 aromatic rings. The van der Waals surface area contributed by atoms with E-state index in [9.17, 15) is 45.2 Å². The third-order valence-electron chi connectivity index (χ3n) is 21.2. The predicted octanol–water partition coefficient (Wildman–Crippen LogP) is 8.89. The first-order valence-electron chi connectivity index (χ1n) is 28.9. The molecule has 4 aliphatic carbocycles. The lowest BCUT2D eigenvalue weighted by Crippen LogP contribution is -2.72. The highest BCUT2D eigenvalue weighted by Crippen LogP contribution is 2.70. The first-order chi connectivity index (χ1) is 40.0. The van der Waals surface area contributed by atoms with Gasteiger partial charge in [0.2, 0.25) is 0 Å². The molecule has 18 heteroatoms. The summed E-state index contributed by atoms with van der Waals surface area (Å²) in [6.07, 6.45) is 3.72. The molecule has 1 saturated heterocycles. The van der Waals surface area contributed by atoms with Gasteiger partial charge in [0.25, 0.3) is 0 Å². The first kappa shape index (κ1) is 57.4. The Balaban J connectivity index is 0.000000181. The van der Waals surface area contributed by atoms with Crippen molar-refractivity contribution in [2.75, 3.05) is 13.2 Å². The molecule has 7 aliphatic rings. The van der Waals surface area contributed by atoms with Crippen molar-refractivity contribution in [2.24, 2.45) is 45.3 Å². The normalized spacial score (nSPS) is 36.9. The van der Waals surface area contributed by atoms with Gasteiger partial charge in [-0.3, -0.25) is 9.97 Å². The fraction of sp³-hybridized carbons (Fsp3) is 0.485. The standard InChI is InChI=1S/C41H40N2O8.C25H31NO7/c1-23-8-5-6-10-27(23)38-47-22-40(3)30-19-32(49-36(45)25-13-11-24(20-42)12-14-25)41(4)35(39(30,2)16-15-31(40)50-38)34(44)33-29(51-41)18-28(48-37(33)46)26-9-7-17-43-21-26;1-23-7-6-17(28)24(2,12-27)16(23)10-18(29)25(3)21(23)20(30)19-15(33-25)9-14(32-22(19)31)13-5-4-8-26-11-13/h5-14,17-18,21,30-32,34-35,38,44H,15-16,19,22H2,1-4H3;4-5,8-9,11,16-18,20-21,27-30H,6-7,10,12H2,1-3H3/t30?,31-,32-,34-,35?,38+,39-,40-,41+;16?,17-,18-,20-,21?,23-,24-,25+/m00/s1. The third kappa shape index (κ3) is 8.86. The number of pyridine rings is 2. The minimum Gasteiger partial charge on any atom is -0.484 e. The van der Waals surface area contributed by atoms with Crippen molar-refractivity contribution in [3.05, 3.63) is 164 Å². The SMILES string of the molecule is C[C@]12CC[C@H](O)[C@@](C)(CO)C1C[C@H](O)[C@@]1(C)Oc3cc(-c4cccnc4)oc(=O)c3[C@H](O)C21.Cc1ccccc1[C@@H]1OC[C@@]2(C)C3C[C@H](OC(=O)c4ccc(C#N)cc4)[C@@]4(C)Oc5cc(-c6cccnc6)oc(=O)c5[C@H](O)C4[C@@]3(C)CC[C@@H]2O1. The number of carbonyl (C=O) groups excluding carboxylic acids is 1. The first-order valence-corrected chi connectivity index (χ1v) is 28.9. The lowest BCUT2D eigenvalue weighted by atomic mass is 9.42. The molecule has 4 aromatic heterocycles. The Morgan fingerprint density at radius 1 is 0.702 bits per heavy atom. The van der Waals surface area contributed by atoms with Crippen molar-refractivity contribution in [2.45, 2.75) is 141 Å². The van der Waals surface area contributed by atoms with Crippen LogP contribution in [-0.2, 0) is 14.2 Å². The van der Waals surface area contributed by atoms with Gasteiger partial charge in [-0.1, -0.05) is 52.0 Å². The number of aromatic nitrogens is 2. The molecule has 7 heterocycles. The topological polar surface area (TPSA) is 274 Å². The molecule has 84 heavy (non-hydrogen) atoms. The summed E-state index contributed by atoms with van der Waals surface area (Å²) in [6, 6.07) is 26.6. The molecule has 0 bridgehead atoms. The average molecular weight is 1150 g/mol. The largest absolute Gasteiger partial charge is 0.484 e. The number of fused-ring (bicyclic) bond motifs is 10. The number of nitriles is 1. The lowest BCUT2D eigenvalue weighted by molar-refractivity contribution is -0.330. The van der Waals surface area contributed by atoms with Gasteiger partial charge in [-0.15, -0.1) is 0 Å². The zero-order valence-electron chi connectivity index (χ0n) is 48.1. The summed E-state index contributed by atoms with van der Waals surface area (Å²) in [5.41, 5.74) is -2.32. The van der Waals surface area contributed by atoms with Gasteiger partial charge in [-0.05, 0) is 136 Å². The summed E-state index contributed by atoms with van der Waals surface area (Å²) in [7, 11) is 0. The second-order valence-corrected chi connectivity index (χ2v) is 25.8. The van der Waals surface area contributed by atoms with E-state index in [1.165, 1.54) is 0 Å². The van der Waals surface area contributed by atoms with E-state index in [0.717, 1.165) is 11.1 Å². The smallest absolute Gasteiger partial charge is 0.345 e. The maximum atomic E-state index is 13.8. The molecule has 5 N–H and O–H groups in total. The number of nitrogens with zero attached hydrogens (tertiary/aromatic N) is 3. The molecule has 2 aromatic carbocycles. The van der Waals surface area contributed by atoms with Crippen LogP contribution in [0.4, 0.5) is 0 Å². The van der Waals surface area contributed by atoms with Gasteiger partial charge >= 0.3 is 17.2 Å². The predicted molar refractivity (Wildman–Crippen MR) is 303 cm³/mol. The van der Waals surface area contributed by atoms with Gasteiger partial charge in [0, 0.05) is 76.3 Å². The fourth-order valence-corrected chi connectivity index (χ4v) is 16.8. The van der Waals surface area contributed by atoms with Crippen LogP contribution < -0.4 is 20.7 Å². The Morgan fingerprint density at radius 2 is 1.27 bits per heavy atom. The van der Waals surface area contributed by atoms with Crippen LogP contribution in [-0.4, -0.2) is 90.3 Å². The van der Waals surface area contributed by atoms with E-state index < -0.39 is 98.7 Å². The van der Waals surface area contributed by atoms with Crippen LogP contribution in [0.3, 0.4) is 0 Å². The average Bonchev–Trinajstić information content (AvgIpc) is 0.741. The molecule has 17 atom stereocenters. The molecule has 4 saturated carbocycles. The van der Waals surface area contributed by atoms with E-state index in [2.05, 4.69) is 29.9 Å². The summed E-state index contributed by atoms with van der Waals surface area (Å²) in [6.45, 7) is 14.0. The molecule has 5 fully saturated rings. The maximum absolute atomic E-state index is 13.8. The monoisotopic (exact) mass is 1150 g/mol. The van der Waals surface area contributed by atoms with Gasteiger partial charge in [0.05, 0.1) is 60.9 Å². The van der Waals surface area contributed by atoms with Crippen LogP contribution in [0.25, 0.3) is 22.6 Å². The molecule has 440 valence electrons. The van der Waals surface area contributed by atoms with E-state index in [1.807, 2.05) is 52.0 Å². The Hall–Kier alpha value is -7.08. The van der Waals surface area contributed by atoms with E-state index in [4.69, 9.17) is 32.5 Å². The number of aliphatic hydroxyl groups is 5. The highest BCUT2D eigenvalue weighted by Gasteiger charge is 2.72. The van der Waals surface area contributed by atoms with Crippen LogP contribution in [0, 0.1) is 63.6 Å². The Kier molecular flexibility index (Phi) is 14.2. The maximum Gasteiger partial charge on any atom is 0.345 e. The van der Waals surface area contributed by atoms with Crippen molar-refractivity contribution in [3.63, 3.8) is 0 Å². The lowest BCUT2D eigenvalue weighted by Gasteiger charge is -2.67. The molecule has 18 nitrogen and oxygen atoms in total. The second kappa shape index (κ2) is 20.9. The molecule has 0 radical (unpaired) electrons. The van der Waals surface area contributed by atoms with Crippen LogP contribution >= 0.6 is 0 Å². The number of aryl methyl sites for hydroxylation is 1. The number of hydrogen-bond acceptors (Lipinski definition) is 18. The number of ether oxygens (including phenoxy) is 5. The minimum atomic E-state index is -1.29. The van der Waals surface area contributed by atoms with Crippen LogP contribution in [0.15, 0.2) is 128 Å². The molecular weight excluding hydrogens is 1070 g/mol. The summed E-state index contributed by atoms with van der Waals surface area (Å²) in [5, 5.41) is 65.6. The Bertz CT molecular complexity index is 3670. The van der Waals surface area contributed by atoms with Crippen LogP contribution in [0.1, 0.15) is 137 Å². The van der Waals surface area contributed by atoms with Crippen molar-refractivity contribution in [1.29, 1.82) is 5.26 Å². The van der Waals surface area contributed by atoms with Crippen LogP contribution in [0.2, 0.25) is 0 Å². The zero-order chi connectivity index (χ0) is 59.5. The van der Waals surface area contributed by atoms with Gasteiger partial charge in [0.1, 0.15) is 51.5 Å². The number of benzene rings is 2. The quantitative estimate of drug-likeness (QED) is 0.0974. The van der Waals surface area contributed by atoms with Crippen molar-refractivity contribution >= 4 is 5.97 Å². The molecule has 13 rings (SSSR count). The number of aliphatic hydroxyl groups excluding tert-OH is 5. The van der Waals surface area contributed by atoms with Crippen molar-refractivity contribution in [1.82, 2.24) is 9.97 Å². The van der Waals surface area contributed by atoms with Crippen molar-refractivity contribution in [3.8, 4) is 40.2 Å². The van der Waals surface area contributed by atoms with Gasteiger partial charge in [0.15, 0.2) is 6.29 Å². The second-order valence-electron chi connectivity index (χ2n) is 25.8. The molecule has 0 spiro atoms. The van der Waals surface area contributed by atoms with Gasteiger partial charge in [-0.25, -0.2) is 14.4 Å². The van der Waals surface area contributed by atoms with E-state index in [1.54, 1.807) is 92.4 Å². The van der Waals surface area contributed by atoms with Crippen LogP contribution in [0.5, 0.6) is 11.5 Å². The summed E-state index contributed by atoms with van der Waals surface area (Å²) < 4.78 is 44.2. The molecular formula is C66H71N3O15. The fourth-order valence-electron chi connectivity index (χ4n) is 16.8. The molecule has 0 amide bonds. The summed E-state index contributed by atoms with van der Waals surface area (Å²) in [5.74, 6) is -1.45. The van der Waals surface area contributed by atoms with E-state index in [-0.39, 0.29) is 64.3 Å². The Morgan fingerprint density at radius 3 is 1.85 bits per heavy atom. The highest BCUT2D eigenvalue weighted by atomic mass is 16.7. The Labute approximate surface area is 486 Å². The highest BCUT2D eigenvalue weighted by molar-refractivity contribution is 5.89. The number of carbonyl (C=O) groups is 1. The zero-order valence-corrected chi connectivity index (χ0v) is 48.1. The third-order valence-corrected chi connectivity index (χ3v) is 21.2. The number of rotatable bonds is 6. The van der Waals surface area contributed by atoms with Gasteiger partial charge in [-0.2, -0.15) is 5.26 Å². The number of hydrogen-bond donors (Lipinski definition) is 5. The summed E-state index contributed by atoms with van der Waals surface area (Å²) in [4.78, 5) is 48.8. The molecule has 3 aliphatic heterocycles. The minimum absolute atomic E-state index is 0.0380. The number of esters is 1. The van der Waals surface area contributed by atoms with Gasteiger partial charge < -0.3 is 58.1 Å². The van der Waals surface area contributed by atoms with Crippen molar-refractivity contribution < 1.29 is 62.8 Å². The van der Waals surface area contributed by atoms with E-state index >= 15 is 0 Å². The molecule has 4 unspecified atom stereocenters. The van der Waals surface area contributed by atoms with E-state index in [0.29, 0.717) is 61.8 Å².